The Balaban J connectivity index is 1.75. The number of halogens is 3. The van der Waals surface area contributed by atoms with Gasteiger partial charge in [0.25, 0.3) is 5.91 Å². The maximum atomic E-state index is 12.9. The monoisotopic (exact) mass is 419 g/mol. The minimum absolute atomic E-state index is 0.111. The fraction of sp³-hybridized carbons (Fsp3) is 0.0952. The number of alkyl halides is 3. The van der Waals surface area contributed by atoms with E-state index in [2.05, 4.69) is 5.32 Å². The lowest BCUT2D eigenvalue weighted by molar-refractivity contribution is -0.137. The van der Waals surface area contributed by atoms with Gasteiger partial charge in [-0.05, 0) is 59.7 Å². The van der Waals surface area contributed by atoms with Crippen molar-refractivity contribution in [3.8, 4) is 11.1 Å². The van der Waals surface area contributed by atoms with E-state index >= 15 is 0 Å². The first-order chi connectivity index (χ1) is 13.5. The van der Waals surface area contributed by atoms with Crippen molar-refractivity contribution in [2.75, 3.05) is 11.6 Å². The van der Waals surface area contributed by atoms with Crippen LogP contribution in [0.25, 0.3) is 11.1 Å². The smallest absolute Gasteiger partial charge is 0.322 e. The lowest BCUT2D eigenvalue weighted by atomic mass is 10.0. The molecule has 0 unspecified atom stereocenters. The average molecular weight is 419 g/mol. The van der Waals surface area contributed by atoms with Crippen molar-refractivity contribution < 1.29 is 26.4 Å². The molecule has 0 saturated heterocycles. The summed E-state index contributed by atoms with van der Waals surface area (Å²) in [4.78, 5) is 12.4. The molecule has 1 N–H and O–H groups in total. The van der Waals surface area contributed by atoms with Gasteiger partial charge >= 0.3 is 6.18 Å². The van der Waals surface area contributed by atoms with E-state index in [4.69, 9.17) is 0 Å². The van der Waals surface area contributed by atoms with Crippen LogP contribution >= 0.6 is 0 Å². The quantitative estimate of drug-likeness (QED) is 0.645. The zero-order chi connectivity index (χ0) is 21.2. The number of amides is 1. The van der Waals surface area contributed by atoms with E-state index in [9.17, 15) is 26.4 Å². The number of sulfone groups is 1. The molecule has 0 aliphatic rings. The Morgan fingerprint density at radius 1 is 0.862 bits per heavy atom. The second-order valence-corrected chi connectivity index (χ2v) is 8.42. The first kappa shape index (κ1) is 20.6. The van der Waals surface area contributed by atoms with Crippen molar-refractivity contribution >= 4 is 21.4 Å². The lowest BCUT2D eigenvalue weighted by Gasteiger charge is -2.10. The van der Waals surface area contributed by atoms with Crippen LogP contribution in [-0.4, -0.2) is 20.6 Å². The third-order valence-corrected chi connectivity index (χ3v) is 5.34. The van der Waals surface area contributed by atoms with E-state index in [-0.39, 0.29) is 10.5 Å². The summed E-state index contributed by atoms with van der Waals surface area (Å²) < 4.78 is 61.5. The Morgan fingerprint density at radius 3 is 2.03 bits per heavy atom. The van der Waals surface area contributed by atoms with Crippen LogP contribution in [0.3, 0.4) is 0 Å². The maximum Gasteiger partial charge on any atom is 0.416 e. The minimum atomic E-state index is -4.42. The molecule has 0 fully saturated rings. The molecule has 0 atom stereocenters. The molecule has 0 radical (unpaired) electrons. The molecule has 0 aliphatic heterocycles. The maximum absolute atomic E-state index is 12.9. The Bertz CT molecular complexity index is 1140. The average Bonchev–Trinajstić information content (AvgIpc) is 2.67. The van der Waals surface area contributed by atoms with Crippen LogP contribution in [0.4, 0.5) is 18.9 Å². The molecule has 3 rings (SSSR count). The predicted octanol–water partition coefficient (Wildman–Crippen LogP) is 5.03. The summed E-state index contributed by atoms with van der Waals surface area (Å²) in [6, 6.07) is 16.9. The molecule has 150 valence electrons. The highest BCUT2D eigenvalue weighted by Gasteiger charge is 2.30. The van der Waals surface area contributed by atoms with Crippen LogP contribution in [0.15, 0.2) is 77.7 Å². The summed E-state index contributed by atoms with van der Waals surface area (Å²) in [5.41, 5.74) is 0.989. The fourth-order valence-electron chi connectivity index (χ4n) is 2.68. The predicted molar refractivity (Wildman–Crippen MR) is 104 cm³/mol. The van der Waals surface area contributed by atoms with Crippen LogP contribution in [0.5, 0.6) is 0 Å². The lowest BCUT2D eigenvalue weighted by Crippen LogP contribution is -2.12. The molecule has 1 amide bonds. The van der Waals surface area contributed by atoms with Gasteiger partial charge in [-0.15, -0.1) is 0 Å². The number of anilines is 1. The first-order valence-electron chi connectivity index (χ1n) is 8.43. The van der Waals surface area contributed by atoms with Crippen LogP contribution in [0, 0.1) is 0 Å². The highest BCUT2D eigenvalue weighted by molar-refractivity contribution is 7.90. The number of carbonyl (C=O) groups excluding carboxylic acids is 1. The highest BCUT2D eigenvalue weighted by Crippen LogP contribution is 2.32. The Labute approximate surface area is 165 Å². The number of benzene rings is 3. The van der Waals surface area contributed by atoms with E-state index in [0.29, 0.717) is 16.8 Å². The van der Waals surface area contributed by atoms with E-state index in [1.54, 1.807) is 30.3 Å². The van der Waals surface area contributed by atoms with Crippen molar-refractivity contribution in [2.45, 2.75) is 11.1 Å². The van der Waals surface area contributed by atoms with E-state index in [1.165, 1.54) is 30.3 Å². The summed E-state index contributed by atoms with van der Waals surface area (Å²) in [5, 5.41) is 2.66. The summed E-state index contributed by atoms with van der Waals surface area (Å²) >= 11 is 0. The van der Waals surface area contributed by atoms with E-state index < -0.39 is 27.5 Å². The van der Waals surface area contributed by atoms with Crippen LogP contribution < -0.4 is 5.32 Å². The molecule has 8 heteroatoms. The third kappa shape index (κ3) is 5.03. The van der Waals surface area contributed by atoms with Gasteiger partial charge in [0, 0.05) is 17.5 Å². The van der Waals surface area contributed by atoms with Gasteiger partial charge in [0.15, 0.2) is 9.84 Å². The van der Waals surface area contributed by atoms with Crippen molar-refractivity contribution in [3.63, 3.8) is 0 Å². The Kier molecular flexibility index (Phi) is 5.48. The Hall–Kier alpha value is -3.13. The van der Waals surface area contributed by atoms with Gasteiger partial charge in [-0.2, -0.15) is 13.2 Å². The number of carbonyl (C=O) groups is 1. The number of rotatable bonds is 4. The summed E-state index contributed by atoms with van der Waals surface area (Å²) in [7, 11) is -3.35. The standard InChI is InChI=1S/C21H16F3NO3S/c1-29(27,28)19-11-7-15(8-12-19)20(26)25-18-9-5-14(6-10-18)16-3-2-4-17(13-16)21(22,23)24/h2-13H,1H3,(H,25,26). The third-order valence-electron chi connectivity index (χ3n) is 4.21. The van der Waals surface area contributed by atoms with Gasteiger partial charge in [-0.1, -0.05) is 24.3 Å². The van der Waals surface area contributed by atoms with Crippen molar-refractivity contribution in [2.24, 2.45) is 0 Å². The van der Waals surface area contributed by atoms with Gasteiger partial charge in [0.1, 0.15) is 0 Å². The van der Waals surface area contributed by atoms with Gasteiger partial charge in [0.2, 0.25) is 0 Å². The molecule has 0 aliphatic carbocycles. The zero-order valence-electron chi connectivity index (χ0n) is 15.2. The van der Waals surface area contributed by atoms with E-state index in [1.807, 2.05) is 0 Å². The normalized spacial score (nSPS) is 11.9. The largest absolute Gasteiger partial charge is 0.416 e. The van der Waals surface area contributed by atoms with Gasteiger partial charge < -0.3 is 5.32 Å². The molecule has 0 aromatic heterocycles. The summed E-state index contributed by atoms with van der Waals surface area (Å²) in [5.74, 6) is -0.433. The topological polar surface area (TPSA) is 63.2 Å². The summed E-state index contributed by atoms with van der Waals surface area (Å²) in [6.45, 7) is 0. The van der Waals surface area contributed by atoms with Crippen LogP contribution in [0.1, 0.15) is 15.9 Å². The SMILES string of the molecule is CS(=O)(=O)c1ccc(C(=O)Nc2ccc(-c3cccc(C(F)(F)F)c3)cc2)cc1. The molecule has 0 spiro atoms. The van der Waals surface area contributed by atoms with Crippen LogP contribution in [0.2, 0.25) is 0 Å². The number of hydrogen-bond donors (Lipinski definition) is 1. The number of hydrogen-bond acceptors (Lipinski definition) is 3. The van der Waals surface area contributed by atoms with Crippen molar-refractivity contribution in [1.82, 2.24) is 0 Å². The first-order valence-corrected chi connectivity index (χ1v) is 10.3. The minimum Gasteiger partial charge on any atom is -0.322 e. The molecule has 4 nitrogen and oxygen atoms in total. The molecule has 3 aromatic rings. The van der Waals surface area contributed by atoms with Gasteiger partial charge in [-0.25, -0.2) is 8.42 Å². The molecule has 0 saturated carbocycles. The molecular formula is C21H16F3NO3S. The van der Waals surface area contributed by atoms with Crippen LogP contribution in [-0.2, 0) is 16.0 Å². The molecule has 3 aromatic carbocycles. The van der Waals surface area contributed by atoms with Crippen molar-refractivity contribution in [1.29, 1.82) is 0 Å². The van der Waals surface area contributed by atoms with E-state index in [0.717, 1.165) is 18.4 Å². The molecule has 0 bridgehead atoms. The second-order valence-electron chi connectivity index (χ2n) is 6.41. The molecular weight excluding hydrogens is 403 g/mol. The zero-order valence-corrected chi connectivity index (χ0v) is 16.0. The Morgan fingerprint density at radius 2 is 1.48 bits per heavy atom. The van der Waals surface area contributed by atoms with Gasteiger partial charge in [-0.3, -0.25) is 4.79 Å². The molecule has 29 heavy (non-hydrogen) atoms. The second kappa shape index (κ2) is 7.71. The van der Waals surface area contributed by atoms with Gasteiger partial charge in [0.05, 0.1) is 10.5 Å². The molecule has 0 heterocycles. The van der Waals surface area contributed by atoms with Crippen molar-refractivity contribution in [3.05, 3.63) is 83.9 Å². The number of nitrogens with one attached hydrogen (secondary N) is 1. The fourth-order valence-corrected chi connectivity index (χ4v) is 3.31. The summed E-state index contributed by atoms with van der Waals surface area (Å²) in [6.07, 6.45) is -3.34. The highest BCUT2D eigenvalue weighted by atomic mass is 32.2.